The van der Waals surface area contributed by atoms with Crippen LogP contribution in [0.4, 0.5) is 19.1 Å². The second-order valence-corrected chi connectivity index (χ2v) is 14.8. The Balaban J connectivity index is 1.10. The molecule has 0 radical (unpaired) electrons. The average molecular weight is 736 g/mol. The highest BCUT2D eigenvalue weighted by Crippen LogP contribution is 2.48. The topological polar surface area (TPSA) is 173 Å². The molecule has 1 aliphatic heterocycles. The Morgan fingerprint density at radius 3 is 2.28 bits per heavy atom. The van der Waals surface area contributed by atoms with E-state index in [1.165, 1.54) is 29.2 Å². The van der Waals surface area contributed by atoms with Crippen molar-refractivity contribution < 1.29 is 40.7 Å². The minimum Gasteiger partial charge on any atom is -0.454 e. The van der Waals surface area contributed by atoms with E-state index in [4.69, 9.17) is 16.3 Å². The van der Waals surface area contributed by atoms with E-state index in [-0.39, 0.29) is 42.1 Å². The number of carbonyl (C=O) groups excluding carboxylic acids is 3. The molecule has 3 aliphatic rings. The van der Waals surface area contributed by atoms with Gasteiger partial charge in [-0.3, -0.25) is 14.4 Å². The van der Waals surface area contributed by atoms with Crippen molar-refractivity contribution in [3.63, 3.8) is 0 Å². The molecule has 2 saturated carbocycles. The first-order chi connectivity index (χ1) is 23.6. The van der Waals surface area contributed by atoms with Crippen molar-refractivity contribution in [1.29, 1.82) is 0 Å². The van der Waals surface area contributed by atoms with Gasteiger partial charge in [0.05, 0.1) is 22.4 Å². The summed E-state index contributed by atoms with van der Waals surface area (Å²) in [4.78, 5) is 50.8. The zero-order chi connectivity index (χ0) is 35.7. The van der Waals surface area contributed by atoms with Gasteiger partial charge in [0.1, 0.15) is 5.82 Å². The Bertz CT molecular complexity index is 1890. The maximum Gasteiger partial charge on any atom is 0.422 e. The Morgan fingerprint density at radius 2 is 1.68 bits per heavy atom. The number of nitrogens with one attached hydrogen (secondary N) is 3. The molecular weight excluding hydrogens is 703 g/mol. The number of nitrogens with zero attached hydrogens (tertiary/aromatic N) is 4. The average Bonchev–Trinajstić information content (AvgIpc) is 3.98. The molecule has 266 valence electrons. The zero-order valence-corrected chi connectivity index (χ0v) is 28.1. The molecule has 2 heterocycles. The smallest absolute Gasteiger partial charge is 0.422 e. The van der Waals surface area contributed by atoms with Crippen molar-refractivity contribution >= 4 is 45.3 Å². The van der Waals surface area contributed by atoms with E-state index in [9.17, 15) is 36.0 Å². The fourth-order valence-corrected chi connectivity index (χ4v) is 6.80. The summed E-state index contributed by atoms with van der Waals surface area (Å²) in [6, 6.07) is 12.1. The highest BCUT2D eigenvalue weighted by Gasteiger charge is 2.51. The maximum absolute atomic E-state index is 13.1. The number of hydrogen-bond acceptors (Lipinski definition) is 10. The molecule has 1 aromatic heterocycles. The fourth-order valence-electron chi connectivity index (χ4n) is 5.60. The highest BCUT2D eigenvalue weighted by molar-refractivity contribution is 7.90. The summed E-state index contributed by atoms with van der Waals surface area (Å²) in [6.07, 6.45) is -1.35. The number of anilines is 1. The van der Waals surface area contributed by atoms with Crippen LogP contribution in [0.25, 0.3) is 0 Å². The van der Waals surface area contributed by atoms with Gasteiger partial charge >= 0.3 is 12.2 Å². The number of rotatable bonds is 14. The fraction of sp³-hybridized carbons (Fsp3) is 0.438. The molecular formula is C32H33ClF3N7O6S. The number of carbonyl (C=O) groups is 3. The maximum atomic E-state index is 13.1. The summed E-state index contributed by atoms with van der Waals surface area (Å²) >= 11 is 6.02. The monoisotopic (exact) mass is 735 g/mol. The second-order valence-electron chi connectivity index (χ2n) is 12.7. The number of likely N-dealkylation sites (tertiary alicyclic amines) is 1. The van der Waals surface area contributed by atoms with E-state index in [1.807, 2.05) is 12.1 Å². The van der Waals surface area contributed by atoms with Crippen molar-refractivity contribution in [3.8, 4) is 6.01 Å². The standard InChI is InChI=1S/C32H33ClF3N7O6S/c33-22-7-5-21(6-8-22)31(13-14-31)41-28-38-24(39-29(40-28)49-19-32(34,35)36)16-20-3-9-23(10-4-20)50(47,48)42-27(46)30(11-12-30)18-37-25(44)17-43-15-1-2-26(43)45/h3-10H,1-2,11-19H2,(H,37,44)(H,42,46)(H,38,39,40,41). The summed E-state index contributed by atoms with van der Waals surface area (Å²) in [7, 11) is -4.29. The molecule has 2 aromatic carbocycles. The number of ether oxygens (including phenoxy) is 1. The number of benzene rings is 2. The van der Waals surface area contributed by atoms with E-state index in [0.717, 1.165) is 18.4 Å². The molecule has 2 aliphatic carbocycles. The first kappa shape index (κ1) is 35.3. The summed E-state index contributed by atoms with van der Waals surface area (Å²) in [5.41, 5.74) is -0.187. The molecule has 0 bridgehead atoms. The van der Waals surface area contributed by atoms with E-state index in [0.29, 0.717) is 42.8 Å². The van der Waals surface area contributed by atoms with Gasteiger partial charge in [0.25, 0.3) is 10.0 Å². The van der Waals surface area contributed by atoms with E-state index in [2.05, 4.69) is 30.3 Å². The Kier molecular flexibility index (Phi) is 9.65. The van der Waals surface area contributed by atoms with Crippen LogP contribution in [0.5, 0.6) is 6.01 Å². The van der Waals surface area contributed by atoms with Crippen molar-refractivity contribution in [2.75, 3.05) is 31.6 Å². The van der Waals surface area contributed by atoms with Gasteiger partial charge in [-0.2, -0.15) is 28.1 Å². The van der Waals surface area contributed by atoms with Crippen LogP contribution < -0.4 is 20.1 Å². The third-order valence-corrected chi connectivity index (χ3v) is 10.4. The second kappa shape index (κ2) is 13.7. The van der Waals surface area contributed by atoms with Crippen LogP contribution in [0.3, 0.4) is 0 Å². The van der Waals surface area contributed by atoms with Crippen LogP contribution in [0, 0.1) is 5.41 Å². The normalized spacial score (nSPS) is 17.6. The number of sulfonamides is 1. The van der Waals surface area contributed by atoms with Crippen LogP contribution in [-0.2, 0) is 36.4 Å². The number of amides is 3. The predicted molar refractivity (Wildman–Crippen MR) is 172 cm³/mol. The molecule has 50 heavy (non-hydrogen) atoms. The summed E-state index contributed by atoms with van der Waals surface area (Å²) < 4.78 is 71.9. The molecule has 3 aromatic rings. The molecule has 6 rings (SSSR count). The minimum atomic E-state index is -4.62. The lowest BCUT2D eigenvalue weighted by molar-refractivity contribution is -0.154. The van der Waals surface area contributed by atoms with Gasteiger partial charge in [0.2, 0.25) is 23.7 Å². The first-order valence-electron chi connectivity index (χ1n) is 15.8. The zero-order valence-electron chi connectivity index (χ0n) is 26.6. The number of halogens is 4. The predicted octanol–water partition coefficient (Wildman–Crippen LogP) is 3.48. The van der Waals surface area contributed by atoms with Crippen LogP contribution in [0.2, 0.25) is 5.02 Å². The van der Waals surface area contributed by atoms with E-state index in [1.54, 1.807) is 12.1 Å². The highest BCUT2D eigenvalue weighted by atomic mass is 35.5. The van der Waals surface area contributed by atoms with Crippen LogP contribution >= 0.6 is 11.6 Å². The van der Waals surface area contributed by atoms with Gasteiger partial charge in [-0.25, -0.2) is 13.1 Å². The summed E-state index contributed by atoms with van der Waals surface area (Å²) in [5.74, 6) is -1.20. The van der Waals surface area contributed by atoms with Crippen molar-refractivity contribution in [2.24, 2.45) is 5.41 Å². The molecule has 18 heteroatoms. The molecule has 13 nitrogen and oxygen atoms in total. The molecule has 0 atom stereocenters. The molecule has 3 amide bonds. The van der Waals surface area contributed by atoms with Crippen LogP contribution in [0.1, 0.15) is 55.5 Å². The van der Waals surface area contributed by atoms with Gasteiger partial charge in [-0.05, 0) is 67.5 Å². The minimum absolute atomic E-state index is 0.00789. The van der Waals surface area contributed by atoms with Gasteiger partial charge in [0, 0.05) is 31.0 Å². The molecule has 1 saturated heterocycles. The quantitative estimate of drug-likeness (QED) is 0.223. The number of hydrogen-bond donors (Lipinski definition) is 3. The Hall–Kier alpha value is -4.51. The largest absolute Gasteiger partial charge is 0.454 e. The summed E-state index contributed by atoms with van der Waals surface area (Å²) in [5, 5.41) is 6.39. The van der Waals surface area contributed by atoms with Crippen molar-refractivity contribution in [1.82, 2.24) is 29.9 Å². The van der Waals surface area contributed by atoms with E-state index < -0.39 is 51.6 Å². The van der Waals surface area contributed by atoms with E-state index >= 15 is 0 Å². The lowest BCUT2D eigenvalue weighted by Crippen LogP contribution is -2.45. The molecule has 0 unspecified atom stereocenters. The van der Waals surface area contributed by atoms with Gasteiger partial charge < -0.3 is 20.3 Å². The Labute approximate surface area is 290 Å². The van der Waals surface area contributed by atoms with Crippen LogP contribution in [0.15, 0.2) is 53.4 Å². The molecule has 3 fully saturated rings. The van der Waals surface area contributed by atoms with Gasteiger partial charge in [0.15, 0.2) is 6.61 Å². The third kappa shape index (κ3) is 8.61. The number of aromatic nitrogens is 3. The Morgan fingerprint density at radius 1 is 0.980 bits per heavy atom. The lowest BCUT2D eigenvalue weighted by atomic mass is 10.1. The SMILES string of the molecule is O=C(CN1CCCC1=O)NCC1(C(=O)NS(=O)(=O)c2ccc(Cc3nc(NC4(c5ccc(Cl)cc5)CC4)nc(OCC(F)(F)F)n3)cc2)CC1. The van der Waals surface area contributed by atoms with Gasteiger partial charge in [-0.1, -0.05) is 35.9 Å². The number of alkyl halides is 3. The molecule has 0 spiro atoms. The lowest BCUT2D eigenvalue weighted by Gasteiger charge is -2.19. The van der Waals surface area contributed by atoms with Gasteiger partial charge in [-0.15, -0.1) is 0 Å². The first-order valence-corrected chi connectivity index (χ1v) is 17.7. The van der Waals surface area contributed by atoms with Crippen molar-refractivity contribution in [2.45, 2.75) is 61.6 Å². The molecule has 3 N–H and O–H groups in total. The third-order valence-electron chi connectivity index (χ3n) is 8.81. The van der Waals surface area contributed by atoms with Crippen LogP contribution in [-0.4, -0.2) is 78.4 Å². The van der Waals surface area contributed by atoms with Crippen molar-refractivity contribution in [3.05, 3.63) is 70.5 Å². The summed E-state index contributed by atoms with van der Waals surface area (Å²) in [6.45, 7) is -1.29.